The van der Waals surface area contributed by atoms with Gasteiger partial charge >= 0.3 is 5.97 Å². The molecule has 0 aromatic heterocycles. The van der Waals surface area contributed by atoms with Crippen LogP contribution >= 0.6 is 0 Å². The number of aldehydes is 1. The Morgan fingerprint density at radius 2 is 2.33 bits per heavy atom. The first-order valence-corrected chi connectivity index (χ1v) is 4.11. The van der Waals surface area contributed by atoms with Crippen LogP contribution in [-0.4, -0.2) is 29.9 Å². The van der Waals surface area contributed by atoms with Crippen molar-refractivity contribution in [3.8, 4) is 0 Å². The molecule has 0 saturated heterocycles. The van der Waals surface area contributed by atoms with Gasteiger partial charge in [-0.2, -0.15) is 0 Å². The Morgan fingerprint density at radius 1 is 1.67 bits per heavy atom. The van der Waals surface area contributed by atoms with Crippen molar-refractivity contribution in [1.29, 1.82) is 0 Å². The summed E-state index contributed by atoms with van der Waals surface area (Å²) in [6, 6.07) is -0.305. The molecule has 12 heavy (non-hydrogen) atoms. The van der Waals surface area contributed by atoms with E-state index in [0.29, 0.717) is 6.42 Å². The van der Waals surface area contributed by atoms with Crippen molar-refractivity contribution in [2.75, 3.05) is 6.54 Å². The predicted octanol–water partition coefficient (Wildman–Crippen LogP) is 0.418. The van der Waals surface area contributed by atoms with Gasteiger partial charge in [-0.05, 0) is 6.42 Å². The molecule has 0 radical (unpaired) electrons. The maximum Gasteiger partial charge on any atom is 0.317 e. The van der Waals surface area contributed by atoms with E-state index >= 15 is 0 Å². The van der Waals surface area contributed by atoms with Crippen LogP contribution in [-0.2, 0) is 9.59 Å². The Balaban J connectivity index is 3.52. The van der Waals surface area contributed by atoms with Gasteiger partial charge in [-0.15, -0.1) is 0 Å². The van der Waals surface area contributed by atoms with Crippen molar-refractivity contribution in [3.63, 3.8) is 0 Å². The minimum atomic E-state index is -0.932. The highest BCUT2D eigenvalue weighted by Gasteiger charge is 2.06. The zero-order chi connectivity index (χ0) is 9.40. The number of hydrogen-bond donors (Lipinski definition) is 2. The number of carboxylic acid groups (broad SMARTS) is 1. The highest BCUT2D eigenvalue weighted by Crippen LogP contribution is 1.97. The van der Waals surface area contributed by atoms with Crippen molar-refractivity contribution in [2.45, 2.75) is 32.2 Å². The lowest BCUT2D eigenvalue weighted by Gasteiger charge is -2.09. The van der Waals surface area contributed by atoms with Crippen LogP contribution in [0.25, 0.3) is 0 Å². The largest absolute Gasteiger partial charge is 0.480 e. The lowest BCUT2D eigenvalue weighted by Crippen LogP contribution is -2.34. The maximum absolute atomic E-state index is 10.4. The fourth-order valence-corrected chi connectivity index (χ4v) is 0.861. The molecular weight excluding hydrogens is 158 g/mol. The van der Waals surface area contributed by atoms with Gasteiger partial charge in [0.05, 0.1) is 12.6 Å². The molecule has 2 N–H and O–H groups in total. The van der Waals surface area contributed by atoms with Gasteiger partial charge in [-0.25, -0.2) is 0 Å². The molecule has 0 aliphatic heterocycles. The van der Waals surface area contributed by atoms with E-state index in [1.54, 1.807) is 0 Å². The van der Waals surface area contributed by atoms with Crippen molar-refractivity contribution in [2.24, 2.45) is 0 Å². The highest BCUT2D eigenvalue weighted by molar-refractivity contribution is 5.70. The number of rotatable bonds is 7. The molecule has 0 fully saturated rings. The van der Waals surface area contributed by atoms with E-state index in [4.69, 9.17) is 5.11 Å². The van der Waals surface area contributed by atoms with Gasteiger partial charge in [0.25, 0.3) is 0 Å². The Labute approximate surface area is 72.0 Å². The van der Waals surface area contributed by atoms with Crippen LogP contribution in [0.2, 0.25) is 0 Å². The number of aliphatic carboxylic acids is 1. The van der Waals surface area contributed by atoms with Gasteiger partial charge in [-0.1, -0.05) is 19.8 Å². The molecule has 0 aliphatic carbocycles. The molecule has 4 heteroatoms. The molecule has 0 heterocycles. The number of carbonyl (C=O) groups is 2. The maximum atomic E-state index is 10.4. The zero-order valence-corrected chi connectivity index (χ0v) is 7.25. The van der Waals surface area contributed by atoms with Crippen LogP contribution < -0.4 is 5.32 Å². The van der Waals surface area contributed by atoms with E-state index < -0.39 is 5.97 Å². The summed E-state index contributed by atoms with van der Waals surface area (Å²) >= 11 is 0. The second-order valence-corrected chi connectivity index (χ2v) is 2.66. The summed E-state index contributed by atoms with van der Waals surface area (Å²) in [5.41, 5.74) is 0. The minimum Gasteiger partial charge on any atom is -0.480 e. The molecular formula is C8H15NO3. The quantitative estimate of drug-likeness (QED) is 0.547. The summed E-state index contributed by atoms with van der Waals surface area (Å²) in [6.45, 7) is 1.88. The number of unbranched alkanes of at least 4 members (excludes halogenated alkanes) is 1. The Morgan fingerprint density at radius 3 is 2.75 bits per heavy atom. The Kier molecular flexibility index (Phi) is 6.28. The third-order valence-corrected chi connectivity index (χ3v) is 1.55. The average molecular weight is 173 g/mol. The molecule has 0 rings (SSSR count). The molecule has 0 aliphatic rings. The normalized spacial score (nSPS) is 12.4. The molecule has 0 spiro atoms. The second-order valence-electron chi connectivity index (χ2n) is 2.66. The zero-order valence-electron chi connectivity index (χ0n) is 7.25. The summed E-state index contributed by atoms with van der Waals surface area (Å²) in [5.74, 6) is -0.932. The van der Waals surface area contributed by atoms with Gasteiger partial charge in [0, 0.05) is 0 Å². The van der Waals surface area contributed by atoms with Crippen LogP contribution in [0.15, 0.2) is 0 Å². The van der Waals surface area contributed by atoms with E-state index in [2.05, 4.69) is 5.32 Å². The standard InChI is InChI=1S/C8H15NO3/c1-2-3-4-7(6-10)9-5-8(11)12/h6-7,9H,2-5H2,1H3,(H,11,12). The summed E-state index contributed by atoms with van der Waals surface area (Å²) in [5, 5.41) is 10.9. The molecule has 0 saturated carbocycles. The van der Waals surface area contributed by atoms with Crippen molar-refractivity contribution < 1.29 is 14.7 Å². The van der Waals surface area contributed by atoms with Crippen molar-refractivity contribution in [3.05, 3.63) is 0 Å². The van der Waals surface area contributed by atoms with Crippen LogP contribution in [0.1, 0.15) is 26.2 Å². The number of carbonyl (C=O) groups excluding carboxylic acids is 1. The predicted molar refractivity (Wildman–Crippen MR) is 45.0 cm³/mol. The van der Waals surface area contributed by atoms with E-state index in [1.807, 2.05) is 6.92 Å². The topological polar surface area (TPSA) is 66.4 Å². The van der Waals surface area contributed by atoms with Crippen LogP contribution in [0, 0.1) is 0 Å². The van der Waals surface area contributed by atoms with E-state index in [0.717, 1.165) is 19.1 Å². The number of nitrogens with one attached hydrogen (secondary N) is 1. The smallest absolute Gasteiger partial charge is 0.317 e. The Hall–Kier alpha value is -0.900. The van der Waals surface area contributed by atoms with Gasteiger partial charge < -0.3 is 9.90 Å². The SMILES string of the molecule is CCCCC(C=O)NCC(=O)O. The fraction of sp³-hybridized carbons (Fsp3) is 0.750. The van der Waals surface area contributed by atoms with E-state index in [-0.39, 0.29) is 12.6 Å². The molecule has 0 bridgehead atoms. The van der Waals surface area contributed by atoms with Crippen molar-refractivity contribution >= 4 is 12.3 Å². The van der Waals surface area contributed by atoms with Gasteiger partial charge in [0.15, 0.2) is 0 Å². The van der Waals surface area contributed by atoms with Gasteiger partial charge in [-0.3, -0.25) is 10.1 Å². The summed E-state index contributed by atoms with van der Waals surface area (Å²) in [4.78, 5) is 20.5. The monoisotopic (exact) mass is 173 g/mol. The van der Waals surface area contributed by atoms with Gasteiger partial charge in [0.2, 0.25) is 0 Å². The highest BCUT2D eigenvalue weighted by atomic mass is 16.4. The molecule has 70 valence electrons. The van der Waals surface area contributed by atoms with E-state index in [1.165, 1.54) is 0 Å². The van der Waals surface area contributed by atoms with Crippen LogP contribution in [0.5, 0.6) is 0 Å². The average Bonchev–Trinajstić information content (AvgIpc) is 2.05. The number of hydrogen-bond acceptors (Lipinski definition) is 3. The fourth-order valence-electron chi connectivity index (χ4n) is 0.861. The molecule has 0 aromatic carbocycles. The first-order chi connectivity index (χ1) is 5.70. The molecule has 4 nitrogen and oxygen atoms in total. The van der Waals surface area contributed by atoms with E-state index in [9.17, 15) is 9.59 Å². The first-order valence-electron chi connectivity index (χ1n) is 4.11. The first kappa shape index (κ1) is 11.1. The minimum absolute atomic E-state index is 0.146. The molecule has 0 amide bonds. The van der Waals surface area contributed by atoms with Crippen molar-refractivity contribution in [1.82, 2.24) is 5.32 Å². The van der Waals surface area contributed by atoms with Crippen LogP contribution in [0.3, 0.4) is 0 Å². The second kappa shape index (κ2) is 6.79. The lowest BCUT2D eigenvalue weighted by molar-refractivity contribution is -0.136. The lowest BCUT2D eigenvalue weighted by atomic mass is 10.1. The molecule has 1 unspecified atom stereocenters. The molecule has 0 aromatic rings. The molecule has 1 atom stereocenters. The number of carboxylic acids is 1. The van der Waals surface area contributed by atoms with Crippen LogP contribution in [0.4, 0.5) is 0 Å². The summed E-state index contributed by atoms with van der Waals surface area (Å²) in [7, 11) is 0. The van der Waals surface area contributed by atoms with Gasteiger partial charge in [0.1, 0.15) is 6.29 Å². The Bertz CT molecular complexity index is 147. The third kappa shape index (κ3) is 5.85. The third-order valence-electron chi connectivity index (χ3n) is 1.55. The summed E-state index contributed by atoms with van der Waals surface area (Å²) < 4.78 is 0. The summed E-state index contributed by atoms with van der Waals surface area (Å²) in [6.07, 6.45) is 3.43.